The average molecular weight is 398 g/mol. The Hall–Kier alpha value is -3.22. The summed E-state index contributed by atoms with van der Waals surface area (Å²) in [4.78, 5) is 24.8. The summed E-state index contributed by atoms with van der Waals surface area (Å²) in [6.07, 6.45) is 0.145. The summed E-state index contributed by atoms with van der Waals surface area (Å²) in [6.45, 7) is 1.47. The molecule has 9 heteroatoms. The molecule has 8 nitrogen and oxygen atoms in total. The van der Waals surface area contributed by atoms with Crippen LogP contribution < -0.4 is 14.9 Å². The lowest BCUT2D eigenvalue weighted by atomic mass is 10.2. The Bertz CT molecular complexity index is 1090. The Morgan fingerprint density at radius 1 is 1.29 bits per heavy atom. The summed E-state index contributed by atoms with van der Waals surface area (Å²) in [5, 5.41) is 11.7. The van der Waals surface area contributed by atoms with Gasteiger partial charge in [0.2, 0.25) is 21.8 Å². The zero-order valence-corrected chi connectivity index (χ0v) is 15.9. The maximum Gasteiger partial charge on any atom is 0.240 e. The molecule has 2 aromatic rings. The Morgan fingerprint density at radius 3 is 2.79 bits per heavy atom. The number of nitrogens with one attached hydrogen (secondary N) is 2. The summed E-state index contributed by atoms with van der Waals surface area (Å²) in [7, 11) is -3.80. The fourth-order valence-electron chi connectivity index (χ4n) is 2.96. The molecule has 0 atom stereocenters. The number of fused-ring (bicyclic) bond motifs is 1. The SMILES string of the molecule is CC(=O)N(CCNS(=O)(=O)c1ccc2c(c1)CC(=O)N2)c1cccc(C#N)c1. The lowest BCUT2D eigenvalue weighted by molar-refractivity contribution is -0.116. The second-order valence-corrected chi connectivity index (χ2v) is 8.04. The van der Waals surface area contributed by atoms with Crippen LogP contribution in [0.1, 0.15) is 18.1 Å². The number of sulfonamides is 1. The Kier molecular flexibility index (Phi) is 5.44. The van der Waals surface area contributed by atoms with E-state index in [0.29, 0.717) is 22.5 Å². The number of carbonyl (C=O) groups is 2. The molecule has 3 rings (SSSR count). The van der Waals surface area contributed by atoms with Crippen molar-refractivity contribution < 1.29 is 18.0 Å². The molecule has 0 unspecified atom stereocenters. The molecule has 0 spiro atoms. The smallest absolute Gasteiger partial charge is 0.240 e. The van der Waals surface area contributed by atoms with E-state index in [0.717, 1.165) is 0 Å². The highest BCUT2D eigenvalue weighted by molar-refractivity contribution is 7.89. The molecular weight excluding hydrogens is 380 g/mol. The summed E-state index contributed by atoms with van der Waals surface area (Å²) >= 11 is 0. The first-order valence-corrected chi connectivity index (χ1v) is 9.99. The lowest BCUT2D eigenvalue weighted by Crippen LogP contribution is -2.37. The molecule has 2 N–H and O–H groups in total. The van der Waals surface area contributed by atoms with Crippen molar-refractivity contribution in [3.05, 3.63) is 53.6 Å². The molecule has 144 valence electrons. The highest BCUT2D eigenvalue weighted by Gasteiger charge is 2.22. The molecule has 0 bridgehead atoms. The first kappa shape index (κ1) is 19.5. The van der Waals surface area contributed by atoms with Gasteiger partial charge in [-0.25, -0.2) is 13.1 Å². The number of hydrogen-bond acceptors (Lipinski definition) is 5. The van der Waals surface area contributed by atoms with Crippen LogP contribution in [-0.4, -0.2) is 33.3 Å². The number of carbonyl (C=O) groups excluding carboxylic acids is 2. The lowest BCUT2D eigenvalue weighted by Gasteiger charge is -2.21. The number of nitriles is 1. The number of hydrogen-bond donors (Lipinski definition) is 2. The third-order valence-corrected chi connectivity index (χ3v) is 5.77. The van der Waals surface area contributed by atoms with Crippen molar-refractivity contribution in [1.29, 1.82) is 5.26 Å². The summed E-state index contributed by atoms with van der Waals surface area (Å²) < 4.78 is 27.5. The maximum atomic E-state index is 12.5. The van der Waals surface area contributed by atoms with Crippen LogP contribution in [0.3, 0.4) is 0 Å². The molecule has 1 heterocycles. The standard InChI is InChI=1S/C19H18N4O4S/c1-13(24)23(16-4-2-3-14(9-16)12-20)8-7-21-28(26,27)17-5-6-18-15(10-17)11-19(25)22-18/h2-6,9-10,21H,7-8,11H2,1H3,(H,22,25). The molecule has 2 aromatic carbocycles. The zero-order chi connectivity index (χ0) is 20.3. The van der Waals surface area contributed by atoms with Gasteiger partial charge in [0.05, 0.1) is 22.9 Å². The van der Waals surface area contributed by atoms with E-state index in [1.54, 1.807) is 30.3 Å². The number of nitrogens with zero attached hydrogens (tertiary/aromatic N) is 2. The summed E-state index contributed by atoms with van der Waals surface area (Å²) in [5.74, 6) is -0.439. The fraction of sp³-hybridized carbons (Fsp3) is 0.211. The minimum atomic E-state index is -3.80. The third-order valence-electron chi connectivity index (χ3n) is 4.31. The minimum absolute atomic E-state index is 0.00698. The van der Waals surface area contributed by atoms with Crippen LogP contribution in [0.4, 0.5) is 11.4 Å². The topological polar surface area (TPSA) is 119 Å². The first-order valence-electron chi connectivity index (χ1n) is 8.51. The second kappa shape index (κ2) is 7.80. The quantitative estimate of drug-likeness (QED) is 0.762. The highest BCUT2D eigenvalue weighted by atomic mass is 32.2. The van der Waals surface area contributed by atoms with Crippen LogP contribution in [0, 0.1) is 11.3 Å². The normalized spacial score (nSPS) is 12.8. The van der Waals surface area contributed by atoms with E-state index in [4.69, 9.17) is 5.26 Å². The van der Waals surface area contributed by atoms with Gasteiger partial charge in [-0.05, 0) is 42.0 Å². The van der Waals surface area contributed by atoms with E-state index in [2.05, 4.69) is 10.0 Å². The third kappa shape index (κ3) is 4.19. The zero-order valence-electron chi connectivity index (χ0n) is 15.1. The maximum absolute atomic E-state index is 12.5. The van der Waals surface area contributed by atoms with Crippen LogP contribution in [0.25, 0.3) is 0 Å². The monoisotopic (exact) mass is 398 g/mol. The molecule has 0 saturated carbocycles. The number of amides is 2. The van der Waals surface area contributed by atoms with Crippen LogP contribution in [0.2, 0.25) is 0 Å². The van der Waals surface area contributed by atoms with E-state index >= 15 is 0 Å². The van der Waals surface area contributed by atoms with Gasteiger partial charge in [0.25, 0.3) is 0 Å². The van der Waals surface area contributed by atoms with Crippen molar-refractivity contribution >= 4 is 33.2 Å². The number of benzene rings is 2. The van der Waals surface area contributed by atoms with Crippen LogP contribution >= 0.6 is 0 Å². The first-order chi connectivity index (χ1) is 13.3. The van der Waals surface area contributed by atoms with Gasteiger partial charge in [-0.1, -0.05) is 6.07 Å². The van der Waals surface area contributed by atoms with Crippen LogP contribution in [-0.2, 0) is 26.0 Å². The van der Waals surface area contributed by atoms with Gasteiger partial charge in [0.1, 0.15) is 0 Å². The summed E-state index contributed by atoms with van der Waals surface area (Å²) in [5.41, 5.74) is 2.18. The van der Waals surface area contributed by atoms with Crippen LogP contribution in [0.15, 0.2) is 47.4 Å². The predicted octanol–water partition coefficient (Wildman–Crippen LogP) is 1.38. The molecule has 0 aliphatic carbocycles. The van der Waals surface area contributed by atoms with Gasteiger partial charge in [-0.2, -0.15) is 5.26 Å². The molecular formula is C19H18N4O4S. The number of rotatable bonds is 6. The molecule has 2 amide bonds. The van der Waals surface area contributed by atoms with Crippen molar-refractivity contribution in [3.63, 3.8) is 0 Å². The van der Waals surface area contributed by atoms with Crippen molar-refractivity contribution in [2.45, 2.75) is 18.2 Å². The van der Waals surface area contributed by atoms with Gasteiger partial charge in [-0.15, -0.1) is 0 Å². The molecule has 0 aromatic heterocycles. The molecule has 1 aliphatic heterocycles. The van der Waals surface area contributed by atoms with E-state index in [-0.39, 0.29) is 36.2 Å². The molecule has 0 radical (unpaired) electrons. The van der Waals surface area contributed by atoms with E-state index in [1.165, 1.54) is 24.0 Å². The molecule has 0 saturated heterocycles. The number of anilines is 2. The van der Waals surface area contributed by atoms with Gasteiger partial charge in [0, 0.05) is 31.4 Å². The fourth-order valence-corrected chi connectivity index (χ4v) is 4.03. The van der Waals surface area contributed by atoms with E-state index in [9.17, 15) is 18.0 Å². The largest absolute Gasteiger partial charge is 0.326 e. The molecule has 28 heavy (non-hydrogen) atoms. The summed E-state index contributed by atoms with van der Waals surface area (Å²) in [6, 6.07) is 13.0. The Balaban J connectivity index is 1.70. The van der Waals surface area contributed by atoms with Crippen molar-refractivity contribution in [1.82, 2.24) is 4.72 Å². The Labute approximate surface area is 162 Å². The van der Waals surface area contributed by atoms with Gasteiger partial charge >= 0.3 is 0 Å². The van der Waals surface area contributed by atoms with Crippen LogP contribution in [0.5, 0.6) is 0 Å². The van der Waals surface area contributed by atoms with Gasteiger partial charge in [0.15, 0.2) is 0 Å². The van der Waals surface area contributed by atoms with Crippen molar-refractivity contribution in [2.24, 2.45) is 0 Å². The van der Waals surface area contributed by atoms with Gasteiger partial charge < -0.3 is 10.2 Å². The molecule has 1 aliphatic rings. The second-order valence-electron chi connectivity index (χ2n) is 6.27. The van der Waals surface area contributed by atoms with E-state index < -0.39 is 10.0 Å². The Morgan fingerprint density at radius 2 is 2.07 bits per heavy atom. The minimum Gasteiger partial charge on any atom is -0.326 e. The average Bonchev–Trinajstić information content (AvgIpc) is 3.04. The predicted molar refractivity (Wildman–Crippen MR) is 103 cm³/mol. The van der Waals surface area contributed by atoms with Gasteiger partial charge in [-0.3, -0.25) is 9.59 Å². The van der Waals surface area contributed by atoms with Crippen molar-refractivity contribution in [2.75, 3.05) is 23.3 Å². The molecule has 0 fully saturated rings. The van der Waals surface area contributed by atoms with Crippen molar-refractivity contribution in [3.8, 4) is 6.07 Å². The van der Waals surface area contributed by atoms with E-state index in [1.807, 2.05) is 6.07 Å². The highest BCUT2D eigenvalue weighted by Crippen LogP contribution is 2.25.